The second-order valence-electron chi connectivity index (χ2n) is 3.80. The normalized spacial score (nSPS) is 13.3. The first kappa shape index (κ1) is 27.4. The smallest absolute Gasteiger partial charge is 0.807 e. The SMILES string of the molecule is O=C([O-])CC[C@H](NP([O-])(=S)c1ccccc1)C(=O)[O-].[Li+].[Li+].[Li+]. The summed E-state index contributed by atoms with van der Waals surface area (Å²) in [6, 6.07) is 6.54. The molecule has 11 heteroatoms. The van der Waals surface area contributed by atoms with Gasteiger partial charge in [-0.25, -0.2) is 0 Å². The fourth-order valence-corrected chi connectivity index (χ4v) is 3.51. The van der Waals surface area contributed by atoms with Crippen molar-refractivity contribution in [2.75, 3.05) is 0 Å². The molecule has 0 fully saturated rings. The maximum Gasteiger partial charge on any atom is 1.00 e. The van der Waals surface area contributed by atoms with Gasteiger partial charge in [-0.15, -0.1) is 0 Å². The van der Waals surface area contributed by atoms with E-state index >= 15 is 0 Å². The molecule has 0 spiro atoms. The van der Waals surface area contributed by atoms with Gasteiger partial charge in [-0.2, -0.15) is 0 Å². The Bertz CT molecular complexity index is 520. The van der Waals surface area contributed by atoms with Crippen LogP contribution in [-0.2, 0) is 21.4 Å². The van der Waals surface area contributed by atoms with Crippen molar-refractivity contribution in [3.8, 4) is 0 Å². The Hall–Kier alpha value is 0.522. The molecule has 22 heavy (non-hydrogen) atoms. The van der Waals surface area contributed by atoms with E-state index in [2.05, 4.69) is 5.09 Å². The van der Waals surface area contributed by atoms with Gasteiger partial charge in [-0.3, -0.25) is 5.09 Å². The van der Waals surface area contributed by atoms with Gasteiger partial charge in [0, 0.05) is 5.97 Å². The first-order valence-electron chi connectivity index (χ1n) is 5.38. The molecule has 0 bridgehead atoms. The molecule has 0 aliphatic rings. The van der Waals surface area contributed by atoms with Crippen LogP contribution in [0.2, 0.25) is 0 Å². The molecule has 1 N–H and O–H groups in total. The van der Waals surface area contributed by atoms with Crippen molar-refractivity contribution in [2.45, 2.75) is 18.9 Å². The summed E-state index contributed by atoms with van der Waals surface area (Å²) in [5.41, 5.74) is 0. The Morgan fingerprint density at radius 1 is 1.14 bits per heavy atom. The topological polar surface area (TPSA) is 115 Å². The van der Waals surface area contributed by atoms with Crippen LogP contribution < -0.4 is 82.1 Å². The van der Waals surface area contributed by atoms with E-state index in [4.69, 9.17) is 11.8 Å². The minimum absolute atomic E-state index is 0. The number of hydrogen-bond acceptors (Lipinski definition) is 6. The van der Waals surface area contributed by atoms with Crippen LogP contribution in [0.5, 0.6) is 0 Å². The number of carbonyl (C=O) groups excluding carboxylic acids is 2. The largest absolute Gasteiger partial charge is 1.00 e. The van der Waals surface area contributed by atoms with E-state index in [0.717, 1.165) is 0 Å². The van der Waals surface area contributed by atoms with Crippen LogP contribution >= 0.6 is 6.42 Å². The second-order valence-corrected chi connectivity index (χ2v) is 7.22. The Kier molecular flexibility index (Phi) is 16.0. The summed E-state index contributed by atoms with van der Waals surface area (Å²) in [5.74, 6) is -2.95. The molecule has 1 rings (SSSR count). The van der Waals surface area contributed by atoms with E-state index in [9.17, 15) is 24.7 Å². The Morgan fingerprint density at radius 2 is 1.64 bits per heavy atom. The third kappa shape index (κ3) is 9.61. The molecule has 0 aliphatic carbocycles. The minimum atomic E-state index is -3.52. The second kappa shape index (κ2) is 12.9. The molecule has 0 heterocycles. The van der Waals surface area contributed by atoms with E-state index in [0.29, 0.717) is 0 Å². The summed E-state index contributed by atoms with van der Waals surface area (Å²) in [6.07, 6.45) is -4.31. The van der Waals surface area contributed by atoms with Crippen LogP contribution in [0.15, 0.2) is 30.3 Å². The molecule has 1 aromatic carbocycles. The molecule has 0 saturated carbocycles. The third-order valence-corrected chi connectivity index (χ3v) is 4.92. The van der Waals surface area contributed by atoms with Crippen LogP contribution in [0.25, 0.3) is 0 Å². The van der Waals surface area contributed by atoms with Gasteiger partial charge in [0.2, 0.25) is 0 Å². The fourth-order valence-electron chi connectivity index (χ4n) is 1.40. The molecule has 0 saturated heterocycles. The summed E-state index contributed by atoms with van der Waals surface area (Å²) in [5, 5.41) is 23.7. The quantitative estimate of drug-likeness (QED) is 0.392. The molecular formula is C11H11Li3NO5PS. The van der Waals surface area contributed by atoms with Gasteiger partial charge in [0.05, 0.1) is 12.0 Å². The van der Waals surface area contributed by atoms with Crippen molar-refractivity contribution < 1.29 is 81.3 Å². The molecule has 104 valence electrons. The molecule has 1 unspecified atom stereocenters. The monoisotopic (exact) mass is 321 g/mol. The van der Waals surface area contributed by atoms with E-state index < -0.39 is 30.8 Å². The molecule has 6 nitrogen and oxygen atoms in total. The first-order chi connectivity index (χ1) is 8.83. The zero-order chi connectivity index (χ0) is 14.5. The van der Waals surface area contributed by atoms with Crippen molar-refractivity contribution in [3.05, 3.63) is 30.3 Å². The molecule has 0 radical (unpaired) electrons. The Morgan fingerprint density at radius 3 is 2.05 bits per heavy atom. The predicted octanol–water partition coefficient (Wildman–Crippen LogP) is -11.8. The van der Waals surface area contributed by atoms with Crippen LogP contribution in [-0.4, -0.2) is 18.0 Å². The zero-order valence-electron chi connectivity index (χ0n) is 12.8. The molecule has 2 atom stereocenters. The summed E-state index contributed by atoms with van der Waals surface area (Å²) in [7, 11) is 0. The van der Waals surface area contributed by atoms with Crippen molar-refractivity contribution >= 4 is 35.5 Å². The molecule has 1 aromatic rings. The van der Waals surface area contributed by atoms with Crippen molar-refractivity contribution in [1.29, 1.82) is 0 Å². The van der Waals surface area contributed by atoms with Gasteiger partial charge >= 0.3 is 56.6 Å². The number of nitrogens with one attached hydrogen (secondary N) is 1. The van der Waals surface area contributed by atoms with Crippen LogP contribution in [0, 0.1) is 0 Å². The minimum Gasteiger partial charge on any atom is -0.807 e. The van der Waals surface area contributed by atoms with Crippen LogP contribution in [0.4, 0.5) is 0 Å². The van der Waals surface area contributed by atoms with Crippen LogP contribution in [0.3, 0.4) is 0 Å². The van der Waals surface area contributed by atoms with E-state index in [1.807, 2.05) is 0 Å². The Balaban J connectivity index is -0.00000120. The number of carboxylic acid groups (broad SMARTS) is 2. The Labute approximate surface area is 170 Å². The van der Waals surface area contributed by atoms with E-state index in [1.165, 1.54) is 12.1 Å². The number of aliphatic carboxylic acids is 2. The van der Waals surface area contributed by atoms with Crippen molar-refractivity contribution in [2.24, 2.45) is 0 Å². The van der Waals surface area contributed by atoms with Gasteiger partial charge in [0.15, 0.2) is 0 Å². The van der Waals surface area contributed by atoms with Crippen LogP contribution in [0.1, 0.15) is 12.8 Å². The summed E-state index contributed by atoms with van der Waals surface area (Å²) < 4.78 is 0. The van der Waals surface area contributed by atoms with E-state index in [-0.39, 0.29) is 68.3 Å². The van der Waals surface area contributed by atoms with Gasteiger partial charge < -0.3 is 24.7 Å². The van der Waals surface area contributed by atoms with Gasteiger partial charge in [-0.05, 0) is 24.6 Å². The first-order valence-corrected chi connectivity index (χ1v) is 8.10. The number of hydrogen-bond donors (Lipinski definition) is 1. The number of carboxylic acids is 2. The standard InChI is InChI=1S/C11H14NO5PS.3Li/c13-10(14)7-6-9(11(15)16)12-18(17,19)8-4-2-1-3-5-8;;;/h1-5,9H,6-7H2,(H,13,14)(H,15,16)(H2,12,17,19);;;/q;3*+1/p-3/t9-,18?;;;/m0.../s1. The number of rotatable bonds is 7. The summed E-state index contributed by atoms with van der Waals surface area (Å²) >= 11 is 4.88. The van der Waals surface area contributed by atoms with Gasteiger partial charge in [-0.1, -0.05) is 42.1 Å². The van der Waals surface area contributed by atoms with Gasteiger partial charge in [0.1, 0.15) is 0 Å². The summed E-state index contributed by atoms with van der Waals surface area (Å²) in [4.78, 5) is 33.4. The number of carbonyl (C=O) groups is 2. The summed E-state index contributed by atoms with van der Waals surface area (Å²) in [6.45, 7) is 0. The number of benzene rings is 1. The zero-order valence-corrected chi connectivity index (χ0v) is 14.5. The molecule has 0 amide bonds. The average Bonchev–Trinajstić information content (AvgIpc) is 2.35. The predicted molar refractivity (Wildman–Crippen MR) is 66.5 cm³/mol. The van der Waals surface area contributed by atoms with Gasteiger partial charge in [0.25, 0.3) is 0 Å². The average molecular weight is 321 g/mol. The maximum atomic E-state index is 12.2. The fraction of sp³-hybridized carbons (Fsp3) is 0.273. The van der Waals surface area contributed by atoms with E-state index in [1.54, 1.807) is 18.2 Å². The van der Waals surface area contributed by atoms with Crippen molar-refractivity contribution in [3.63, 3.8) is 0 Å². The van der Waals surface area contributed by atoms with Crippen molar-refractivity contribution in [1.82, 2.24) is 5.09 Å². The molecule has 0 aromatic heterocycles. The third-order valence-electron chi connectivity index (χ3n) is 2.34. The molecular weight excluding hydrogens is 310 g/mol. The molecule has 0 aliphatic heterocycles. The maximum absolute atomic E-state index is 12.2.